The summed E-state index contributed by atoms with van der Waals surface area (Å²) >= 11 is 0. The van der Waals surface area contributed by atoms with Crippen molar-refractivity contribution in [3.05, 3.63) is 34.9 Å². The van der Waals surface area contributed by atoms with Gasteiger partial charge in [-0.15, -0.1) is 0 Å². The molecule has 0 saturated carbocycles. The minimum absolute atomic E-state index is 0.0470. The fourth-order valence-corrected chi connectivity index (χ4v) is 2.36. The quantitative estimate of drug-likeness (QED) is 0.881. The third kappa shape index (κ3) is 3.33. The van der Waals surface area contributed by atoms with Gasteiger partial charge in [0.2, 0.25) is 5.91 Å². The molecule has 0 unspecified atom stereocenters. The molecule has 3 heteroatoms. The highest BCUT2D eigenvalue weighted by Gasteiger charge is 2.09. The molecule has 0 atom stereocenters. The maximum absolute atomic E-state index is 11.4. The Bertz CT molecular complexity index is 474. The van der Waals surface area contributed by atoms with E-state index in [0.717, 1.165) is 12.0 Å². The van der Waals surface area contributed by atoms with E-state index in [1.807, 2.05) is 6.07 Å². The van der Waals surface area contributed by atoms with Gasteiger partial charge < -0.3 is 5.32 Å². The van der Waals surface area contributed by atoms with Crippen molar-refractivity contribution < 1.29 is 4.79 Å². The minimum atomic E-state index is -0.0470. The number of aryl methyl sites for hydroxylation is 2. The van der Waals surface area contributed by atoms with Gasteiger partial charge in [0.15, 0.2) is 0 Å². The zero-order valence-corrected chi connectivity index (χ0v) is 10.5. The molecule has 0 heterocycles. The van der Waals surface area contributed by atoms with Crippen LogP contribution in [0.1, 0.15) is 42.4 Å². The van der Waals surface area contributed by atoms with Crippen molar-refractivity contribution in [2.24, 2.45) is 0 Å². The Kier molecular flexibility index (Phi) is 4.35. The van der Waals surface area contributed by atoms with Gasteiger partial charge in [-0.05, 0) is 42.4 Å². The second-order valence-electron chi connectivity index (χ2n) is 4.75. The lowest BCUT2D eigenvalue weighted by Crippen LogP contribution is -2.22. The Morgan fingerprint density at radius 3 is 2.83 bits per heavy atom. The van der Waals surface area contributed by atoms with Crippen molar-refractivity contribution >= 4 is 5.91 Å². The molecule has 1 aromatic carbocycles. The van der Waals surface area contributed by atoms with Crippen LogP contribution in [0.25, 0.3) is 0 Å². The van der Waals surface area contributed by atoms with Crippen molar-refractivity contribution in [3.63, 3.8) is 0 Å². The van der Waals surface area contributed by atoms with Crippen molar-refractivity contribution in [1.29, 1.82) is 5.26 Å². The molecule has 1 aromatic rings. The van der Waals surface area contributed by atoms with Gasteiger partial charge in [-0.1, -0.05) is 18.2 Å². The summed E-state index contributed by atoms with van der Waals surface area (Å²) in [5.74, 6) is -0.0470. The summed E-state index contributed by atoms with van der Waals surface area (Å²) in [6.45, 7) is 0.567. The van der Waals surface area contributed by atoms with Gasteiger partial charge in [0.05, 0.1) is 6.07 Å². The number of nitriles is 1. The molecule has 94 valence electrons. The van der Waals surface area contributed by atoms with E-state index in [0.29, 0.717) is 13.0 Å². The van der Waals surface area contributed by atoms with Crippen LogP contribution in [-0.2, 0) is 24.2 Å². The van der Waals surface area contributed by atoms with Gasteiger partial charge in [0.25, 0.3) is 0 Å². The van der Waals surface area contributed by atoms with E-state index in [-0.39, 0.29) is 12.3 Å². The zero-order chi connectivity index (χ0) is 12.8. The van der Waals surface area contributed by atoms with Crippen LogP contribution in [0.3, 0.4) is 0 Å². The lowest BCUT2D eigenvalue weighted by molar-refractivity contribution is -0.121. The number of rotatable bonds is 4. The summed E-state index contributed by atoms with van der Waals surface area (Å²) in [6.07, 6.45) is 5.48. The monoisotopic (exact) mass is 242 g/mol. The van der Waals surface area contributed by atoms with Crippen molar-refractivity contribution in [1.82, 2.24) is 5.32 Å². The molecule has 3 nitrogen and oxygen atoms in total. The van der Waals surface area contributed by atoms with Crippen molar-refractivity contribution in [2.45, 2.75) is 45.1 Å². The first kappa shape index (κ1) is 12.6. The van der Waals surface area contributed by atoms with E-state index in [9.17, 15) is 4.79 Å². The normalized spacial score (nSPS) is 13.5. The number of amides is 1. The molecule has 1 aliphatic rings. The van der Waals surface area contributed by atoms with E-state index in [4.69, 9.17) is 5.26 Å². The molecule has 0 saturated heterocycles. The Morgan fingerprint density at radius 2 is 2.06 bits per heavy atom. The summed E-state index contributed by atoms with van der Waals surface area (Å²) < 4.78 is 0. The molecule has 0 spiro atoms. The second kappa shape index (κ2) is 6.20. The maximum Gasteiger partial charge on any atom is 0.221 e. The summed E-state index contributed by atoms with van der Waals surface area (Å²) in [4.78, 5) is 11.4. The molecular formula is C15H18N2O. The number of nitrogens with zero attached hydrogens (tertiary/aromatic N) is 1. The third-order valence-electron chi connectivity index (χ3n) is 3.37. The number of benzene rings is 1. The zero-order valence-electron chi connectivity index (χ0n) is 10.5. The first-order valence-corrected chi connectivity index (χ1v) is 6.54. The molecule has 0 aromatic heterocycles. The number of carbonyl (C=O) groups is 1. The van der Waals surface area contributed by atoms with Crippen LogP contribution in [0, 0.1) is 11.3 Å². The van der Waals surface area contributed by atoms with E-state index in [1.54, 1.807) is 0 Å². The van der Waals surface area contributed by atoms with Crippen LogP contribution >= 0.6 is 0 Å². The molecule has 0 bridgehead atoms. The van der Waals surface area contributed by atoms with Crippen LogP contribution in [0.5, 0.6) is 0 Å². The van der Waals surface area contributed by atoms with E-state index >= 15 is 0 Å². The van der Waals surface area contributed by atoms with Gasteiger partial charge in [-0.2, -0.15) is 5.26 Å². The first-order chi connectivity index (χ1) is 8.79. The molecule has 0 radical (unpaired) electrons. The van der Waals surface area contributed by atoms with E-state index < -0.39 is 0 Å². The molecule has 0 fully saturated rings. The molecule has 2 rings (SSSR count). The standard InChI is InChI=1S/C15H18N2O/c16-9-3-6-15(18)17-11-12-7-8-13-4-1-2-5-14(13)10-12/h7-8,10H,1-6,11H2,(H,17,18). The summed E-state index contributed by atoms with van der Waals surface area (Å²) in [6, 6.07) is 8.46. The van der Waals surface area contributed by atoms with E-state index in [2.05, 4.69) is 23.5 Å². The predicted molar refractivity (Wildman–Crippen MR) is 69.8 cm³/mol. The van der Waals surface area contributed by atoms with Crippen LogP contribution in [0.2, 0.25) is 0 Å². The lowest BCUT2D eigenvalue weighted by atomic mass is 9.90. The van der Waals surface area contributed by atoms with Gasteiger partial charge in [-0.25, -0.2) is 0 Å². The van der Waals surface area contributed by atoms with Crippen LogP contribution < -0.4 is 5.32 Å². The topological polar surface area (TPSA) is 52.9 Å². The Labute approximate surface area is 108 Å². The maximum atomic E-state index is 11.4. The SMILES string of the molecule is N#CCCC(=O)NCc1ccc2c(c1)CCCC2. The highest BCUT2D eigenvalue weighted by molar-refractivity contribution is 5.76. The predicted octanol–water partition coefficient (Wildman–Crippen LogP) is 2.49. The third-order valence-corrected chi connectivity index (χ3v) is 3.37. The average Bonchev–Trinajstić information content (AvgIpc) is 2.42. The first-order valence-electron chi connectivity index (χ1n) is 6.54. The number of fused-ring (bicyclic) bond motifs is 1. The smallest absolute Gasteiger partial charge is 0.221 e. The van der Waals surface area contributed by atoms with Gasteiger partial charge in [0.1, 0.15) is 0 Å². The number of nitrogens with one attached hydrogen (secondary N) is 1. The Hall–Kier alpha value is -1.82. The number of hydrogen-bond acceptors (Lipinski definition) is 2. The largest absolute Gasteiger partial charge is 0.352 e. The lowest BCUT2D eigenvalue weighted by Gasteiger charge is -2.16. The highest BCUT2D eigenvalue weighted by Crippen LogP contribution is 2.22. The van der Waals surface area contributed by atoms with Gasteiger partial charge in [0, 0.05) is 19.4 Å². The number of hydrogen-bond donors (Lipinski definition) is 1. The average molecular weight is 242 g/mol. The molecule has 1 N–H and O–H groups in total. The Balaban J connectivity index is 1.90. The van der Waals surface area contributed by atoms with Crippen LogP contribution in [0.4, 0.5) is 0 Å². The van der Waals surface area contributed by atoms with E-state index in [1.165, 1.54) is 30.4 Å². The number of carbonyl (C=O) groups excluding carboxylic acids is 1. The molecule has 1 aliphatic carbocycles. The fraction of sp³-hybridized carbons (Fsp3) is 0.467. The molecular weight excluding hydrogens is 224 g/mol. The Morgan fingerprint density at radius 1 is 1.28 bits per heavy atom. The van der Waals surface area contributed by atoms with Crippen LogP contribution in [0.15, 0.2) is 18.2 Å². The summed E-state index contributed by atoms with van der Waals surface area (Å²) in [7, 11) is 0. The summed E-state index contributed by atoms with van der Waals surface area (Å²) in [5.41, 5.74) is 4.05. The molecule has 18 heavy (non-hydrogen) atoms. The summed E-state index contributed by atoms with van der Waals surface area (Å²) in [5, 5.41) is 11.3. The molecule has 1 amide bonds. The van der Waals surface area contributed by atoms with Crippen LogP contribution in [-0.4, -0.2) is 5.91 Å². The fourth-order valence-electron chi connectivity index (χ4n) is 2.36. The minimum Gasteiger partial charge on any atom is -0.352 e. The van der Waals surface area contributed by atoms with Crippen molar-refractivity contribution in [3.8, 4) is 6.07 Å². The van der Waals surface area contributed by atoms with Gasteiger partial charge >= 0.3 is 0 Å². The van der Waals surface area contributed by atoms with Gasteiger partial charge in [-0.3, -0.25) is 4.79 Å². The second-order valence-corrected chi connectivity index (χ2v) is 4.75. The molecule has 0 aliphatic heterocycles. The van der Waals surface area contributed by atoms with Crippen molar-refractivity contribution in [2.75, 3.05) is 0 Å². The highest BCUT2D eigenvalue weighted by atomic mass is 16.1.